The second kappa shape index (κ2) is 8.16. The van der Waals surface area contributed by atoms with Crippen molar-refractivity contribution in [2.45, 2.75) is 32.2 Å². The van der Waals surface area contributed by atoms with Crippen LogP contribution >= 0.6 is 11.6 Å². The molecule has 0 spiro atoms. The van der Waals surface area contributed by atoms with Crippen molar-refractivity contribution in [2.24, 2.45) is 0 Å². The van der Waals surface area contributed by atoms with Gasteiger partial charge in [0.05, 0.1) is 5.02 Å². The van der Waals surface area contributed by atoms with Crippen molar-refractivity contribution in [2.75, 3.05) is 6.54 Å². The molecule has 3 heteroatoms. The molecule has 1 atom stereocenters. The number of nitrogens with one attached hydrogen (secondary N) is 1. The summed E-state index contributed by atoms with van der Waals surface area (Å²) in [6.45, 7) is 3.01. The molecule has 1 unspecified atom stereocenters. The van der Waals surface area contributed by atoms with Gasteiger partial charge in [0.25, 0.3) is 0 Å². The lowest BCUT2D eigenvalue weighted by atomic mass is 9.98. The van der Waals surface area contributed by atoms with E-state index in [1.54, 1.807) is 6.07 Å². The summed E-state index contributed by atoms with van der Waals surface area (Å²) in [4.78, 5) is 0. The molecule has 0 aliphatic rings. The molecule has 21 heavy (non-hydrogen) atoms. The summed E-state index contributed by atoms with van der Waals surface area (Å²) in [6.07, 6.45) is 2.87. The van der Waals surface area contributed by atoms with E-state index in [2.05, 4.69) is 24.4 Å². The molecule has 0 saturated carbocycles. The fraction of sp³-hybridized carbons (Fsp3) is 0.333. The monoisotopic (exact) mass is 305 g/mol. The lowest BCUT2D eigenvalue weighted by Crippen LogP contribution is -2.23. The van der Waals surface area contributed by atoms with Gasteiger partial charge in [0.2, 0.25) is 0 Å². The summed E-state index contributed by atoms with van der Waals surface area (Å²) in [5.74, 6) is -0.350. The van der Waals surface area contributed by atoms with E-state index in [0.717, 1.165) is 31.4 Å². The van der Waals surface area contributed by atoms with Crippen LogP contribution in [0.15, 0.2) is 48.5 Å². The first-order chi connectivity index (χ1) is 10.2. The van der Waals surface area contributed by atoms with Gasteiger partial charge in [-0.05, 0) is 43.0 Å². The van der Waals surface area contributed by atoms with E-state index in [1.807, 2.05) is 24.3 Å². The Kier molecular flexibility index (Phi) is 6.21. The van der Waals surface area contributed by atoms with Crippen molar-refractivity contribution in [1.82, 2.24) is 5.32 Å². The van der Waals surface area contributed by atoms with Crippen molar-refractivity contribution in [1.29, 1.82) is 0 Å². The maximum absolute atomic E-state index is 13.7. The summed E-state index contributed by atoms with van der Waals surface area (Å²) in [5.41, 5.74) is 2.13. The molecule has 2 aromatic carbocycles. The number of aryl methyl sites for hydroxylation is 1. The fourth-order valence-electron chi connectivity index (χ4n) is 2.43. The topological polar surface area (TPSA) is 12.0 Å². The lowest BCUT2D eigenvalue weighted by molar-refractivity contribution is 0.496. The number of benzene rings is 2. The van der Waals surface area contributed by atoms with E-state index in [1.165, 1.54) is 11.6 Å². The molecular formula is C18H21ClFN. The summed E-state index contributed by atoms with van der Waals surface area (Å²) in [5, 5.41) is 3.71. The van der Waals surface area contributed by atoms with Crippen molar-refractivity contribution in [3.8, 4) is 0 Å². The molecule has 0 fully saturated rings. The second-order valence-electron chi connectivity index (χ2n) is 5.17. The standard InChI is InChI=1S/C18H21ClFN/c1-2-13-21-17(12-11-14-7-4-3-5-8-14)15-9-6-10-16(20)18(15)19/h3-10,17,21H,2,11-13H2,1H3. The molecule has 1 nitrogen and oxygen atoms in total. The van der Waals surface area contributed by atoms with E-state index in [9.17, 15) is 4.39 Å². The minimum Gasteiger partial charge on any atom is -0.310 e. The molecule has 0 aliphatic carbocycles. The van der Waals surface area contributed by atoms with Gasteiger partial charge in [-0.2, -0.15) is 0 Å². The van der Waals surface area contributed by atoms with Crippen molar-refractivity contribution in [3.63, 3.8) is 0 Å². The first-order valence-electron chi connectivity index (χ1n) is 7.43. The van der Waals surface area contributed by atoms with Crippen LogP contribution in [0.25, 0.3) is 0 Å². The van der Waals surface area contributed by atoms with E-state index in [0.29, 0.717) is 0 Å². The molecule has 0 aliphatic heterocycles. The maximum Gasteiger partial charge on any atom is 0.142 e. The number of rotatable bonds is 7. The zero-order valence-electron chi connectivity index (χ0n) is 12.3. The molecule has 112 valence electrons. The highest BCUT2D eigenvalue weighted by Crippen LogP contribution is 2.28. The van der Waals surface area contributed by atoms with Gasteiger partial charge >= 0.3 is 0 Å². The number of hydrogen-bond donors (Lipinski definition) is 1. The number of hydrogen-bond acceptors (Lipinski definition) is 1. The van der Waals surface area contributed by atoms with Gasteiger partial charge in [-0.3, -0.25) is 0 Å². The highest BCUT2D eigenvalue weighted by Gasteiger charge is 2.16. The molecule has 0 saturated heterocycles. The Balaban J connectivity index is 2.12. The number of halogens is 2. The predicted molar refractivity (Wildman–Crippen MR) is 87.2 cm³/mol. The molecule has 2 aromatic rings. The van der Waals surface area contributed by atoms with E-state index >= 15 is 0 Å². The van der Waals surface area contributed by atoms with Crippen LogP contribution in [-0.2, 0) is 6.42 Å². The highest BCUT2D eigenvalue weighted by atomic mass is 35.5. The molecule has 0 bridgehead atoms. The smallest absolute Gasteiger partial charge is 0.142 e. The Hall–Kier alpha value is -1.38. The van der Waals surface area contributed by atoms with Crippen LogP contribution in [0, 0.1) is 5.82 Å². The first kappa shape index (κ1) is 16.0. The Morgan fingerprint density at radius 1 is 1.10 bits per heavy atom. The predicted octanol–water partition coefficient (Wildman–Crippen LogP) is 5.15. The van der Waals surface area contributed by atoms with Gasteiger partial charge in [0.15, 0.2) is 0 Å². The minimum atomic E-state index is -0.350. The molecule has 0 heterocycles. The van der Waals surface area contributed by atoms with Crippen LogP contribution in [0.4, 0.5) is 4.39 Å². The highest BCUT2D eigenvalue weighted by molar-refractivity contribution is 6.31. The summed E-state index contributed by atoms with van der Waals surface area (Å²) in [6, 6.07) is 15.4. The molecule has 1 N–H and O–H groups in total. The van der Waals surface area contributed by atoms with Crippen LogP contribution in [-0.4, -0.2) is 6.54 Å². The van der Waals surface area contributed by atoms with Gasteiger partial charge in [0.1, 0.15) is 5.82 Å². The quantitative estimate of drug-likeness (QED) is 0.745. The Morgan fingerprint density at radius 2 is 1.86 bits per heavy atom. The van der Waals surface area contributed by atoms with Crippen molar-refractivity contribution in [3.05, 3.63) is 70.5 Å². The summed E-state index contributed by atoms with van der Waals surface area (Å²) < 4.78 is 13.7. The van der Waals surface area contributed by atoms with Crippen molar-refractivity contribution >= 4 is 11.6 Å². The van der Waals surface area contributed by atoms with Crippen LogP contribution in [0.5, 0.6) is 0 Å². The van der Waals surface area contributed by atoms with Gasteiger partial charge in [-0.15, -0.1) is 0 Å². The van der Waals surface area contributed by atoms with E-state index < -0.39 is 0 Å². The zero-order valence-corrected chi connectivity index (χ0v) is 13.0. The molecule has 0 radical (unpaired) electrons. The minimum absolute atomic E-state index is 0.0772. The fourth-order valence-corrected chi connectivity index (χ4v) is 2.69. The average molecular weight is 306 g/mol. The Bertz CT molecular complexity index is 556. The maximum atomic E-state index is 13.7. The average Bonchev–Trinajstić information content (AvgIpc) is 2.52. The lowest BCUT2D eigenvalue weighted by Gasteiger charge is -2.20. The van der Waals surface area contributed by atoms with Crippen LogP contribution < -0.4 is 5.32 Å². The Morgan fingerprint density at radius 3 is 2.57 bits per heavy atom. The first-order valence-corrected chi connectivity index (χ1v) is 7.81. The normalized spacial score (nSPS) is 12.3. The van der Waals surface area contributed by atoms with Crippen LogP contribution in [0.2, 0.25) is 5.02 Å². The van der Waals surface area contributed by atoms with Gasteiger partial charge in [0, 0.05) is 6.04 Å². The zero-order chi connectivity index (χ0) is 15.1. The second-order valence-corrected chi connectivity index (χ2v) is 5.55. The van der Waals surface area contributed by atoms with Gasteiger partial charge < -0.3 is 5.32 Å². The summed E-state index contributed by atoms with van der Waals surface area (Å²) >= 11 is 6.13. The SMILES string of the molecule is CCCNC(CCc1ccccc1)c1cccc(F)c1Cl. The third-order valence-corrected chi connectivity index (χ3v) is 3.96. The molecular weight excluding hydrogens is 285 g/mol. The summed E-state index contributed by atoms with van der Waals surface area (Å²) in [7, 11) is 0. The molecule has 0 aromatic heterocycles. The Labute approximate surface area is 131 Å². The molecule has 2 rings (SSSR count). The van der Waals surface area contributed by atoms with E-state index in [4.69, 9.17) is 11.6 Å². The van der Waals surface area contributed by atoms with Gasteiger partial charge in [-0.1, -0.05) is 61.0 Å². The van der Waals surface area contributed by atoms with Crippen molar-refractivity contribution < 1.29 is 4.39 Å². The third kappa shape index (κ3) is 4.55. The van der Waals surface area contributed by atoms with Gasteiger partial charge in [-0.25, -0.2) is 4.39 Å². The van der Waals surface area contributed by atoms with E-state index in [-0.39, 0.29) is 16.9 Å². The molecule has 0 amide bonds. The largest absolute Gasteiger partial charge is 0.310 e. The van der Waals surface area contributed by atoms with Crippen LogP contribution in [0.1, 0.15) is 36.9 Å². The van der Waals surface area contributed by atoms with Crippen LogP contribution in [0.3, 0.4) is 0 Å². The third-order valence-electron chi connectivity index (χ3n) is 3.56.